The molecule has 98 valence electrons. The number of carboxylic acids is 1. The fraction of sp³-hybridized carbons (Fsp3) is 0.462. The Labute approximate surface area is 106 Å². The van der Waals surface area contributed by atoms with Gasteiger partial charge in [-0.1, -0.05) is 6.07 Å². The number of aliphatic carboxylic acids is 1. The lowest BCUT2D eigenvalue weighted by atomic mass is 9.89. The zero-order valence-corrected chi connectivity index (χ0v) is 10.5. The summed E-state index contributed by atoms with van der Waals surface area (Å²) in [5.74, 6) is 0.107. The maximum Gasteiger partial charge on any atom is 0.308 e. The van der Waals surface area contributed by atoms with Gasteiger partial charge in [-0.05, 0) is 17.7 Å². The van der Waals surface area contributed by atoms with Crippen LogP contribution in [0, 0.1) is 5.92 Å². The van der Waals surface area contributed by atoms with Crippen LogP contribution in [-0.4, -0.2) is 38.4 Å². The van der Waals surface area contributed by atoms with Gasteiger partial charge in [-0.3, -0.25) is 4.79 Å². The molecule has 5 nitrogen and oxygen atoms in total. The highest BCUT2D eigenvalue weighted by molar-refractivity contribution is 5.72. The molecule has 1 aliphatic rings. The molecular formula is C13H17NO4. The van der Waals surface area contributed by atoms with E-state index in [0.29, 0.717) is 24.6 Å². The summed E-state index contributed by atoms with van der Waals surface area (Å²) in [6.07, 6.45) is 0. The summed E-state index contributed by atoms with van der Waals surface area (Å²) >= 11 is 0. The van der Waals surface area contributed by atoms with Gasteiger partial charge in [0.25, 0.3) is 0 Å². The largest absolute Gasteiger partial charge is 0.493 e. The number of carboxylic acid groups (broad SMARTS) is 1. The first-order chi connectivity index (χ1) is 8.67. The first kappa shape index (κ1) is 12.7. The summed E-state index contributed by atoms with van der Waals surface area (Å²) in [5.41, 5.74) is 0.963. The Balaban J connectivity index is 2.30. The van der Waals surface area contributed by atoms with Crippen molar-refractivity contribution in [3.05, 3.63) is 23.8 Å². The van der Waals surface area contributed by atoms with E-state index in [4.69, 9.17) is 9.47 Å². The molecule has 18 heavy (non-hydrogen) atoms. The second kappa shape index (κ2) is 5.27. The van der Waals surface area contributed by atoms with E-state index in [2.05, 4.69) is 5.32 Å². The van der Waals surface area contributed by atoms with Gasteiger partial charge in [0.1, 0.15) is 0 Å². The molecule has 0 aliphatic carbocycles. The lowest BCUT2D eigenvalue weighted by Crippen LogP contribution is -2.21. The average Bonchev–Trinajstić information content (AvgIpc) is 2.87. The molecule has 1 aromatic rings. The molecule has 0 spiro atoms. The minimum absolute atomic E-state index is 0.0256. The highest BCUT2D eigenvalue weighted by Gasteiger charge is 2.34. The van der Waals surface area contributed by atoms with Crippen molar-refractivity contribution in [2.45, 2.75) is 5.92 Å². The summed E-state index contributed by atoms with van der Waals surface area (Å²) in [6.45, 7) is 1.18. The van der Waals surface area contributed by atoms with Gasteiger partial charge in [0, 0.05) is 19.0 Å². The van der Waals surface area contributed by atoms with Gasteiger partial charge in [-0.15, -0.1) is 0 Å². The number of hydrogen-bond acceptors (Lipinski definition) is 4. The third-order valence-corrected chi connectivity index (χ3v) is 3.37. The maximum atomic E-state index is 11.2. The number of hydrogen-bond donors (Lipinski definition) is 2. The molecule has 1 aliphatic heterocycles. The third kappa shape index (κ3) is 2.26. The number of benzene rings is 1. The Kier molecular flexibility index (Phi) is 3.72. The Hall–Kier alpha value is -1.75. The van der Waals surface area contributed by atoms with Crippen molar-refractivity contribution in [1.29, 1.82) is 0 Å². The van der Waals surface area contributed by atoms with Crippen molar-refractivity contribution in [1.82, 2.24) is 5.32 Å². The van der Waals surface area contributed by atoms with Crippen LogP contribution < -0.4 is 14.8 Å². The lowest BCUT2D eigenvalue weighted by Gasteiger charge is -2.17. The summed E-state index contributed by atoms with van der Waals surface area (Å²) < 4.78 is 10.4. The molecule has 0 radical (unpaired) electrons. The van der Waals surface area contributed by atoms with E-state index in [9.17, 15) is 9.90 Å². The summed E-state index contributed by atoms with van der Waals surface area (Å²) in [7, 11) is 3.15. The molecule has 2 rings (SSSR count). The fourth-order valence-electron chi connectivity index (χ4n) is 2.37. The van der Waals surface area contributed by atoms with Crippen LogP contribution in [0.5, 0.6) is 11.5 Å². The van der Waals surface area contributed by atoms with Crippen LogP contribution in [0.15, 0.2) is 18.2 Å². The van der Waals surface area contributed by atoms with Crippen LogP contribution in [0.2, 0.25) is 0 Å². The molecule has 1 saturated heterocycles. The van der Waals surface area contributed by atoms with E-state index in [1.165, 1.54) is 0 Å². The number of rotatable bonds is 4. The van der Waals surface area contributed by atoms with E-state index in [1.807, 2.05) is 18.2 Å². The van der Waals surface area contributed by atoms with E-state index >= 15 is 0 Å². The van der Waals surface area contributed by atoms with E-state index in [-0.39, 0.29) is 11.8 Å². The van der Waals surface area contributed by atoms with Gasteiger partial charge in [0.15, 0.2) is 11.5 Å². The molecule has 1 heterocycles. The minimum atomic E-state index is -0.764. The van der Waals surface area contributed by atoms with E-state index in [1.54, 1.807) is 14.2 Å². The zero-order chi connectivity index (χ0) is 13.1. The highest BCUT2D eigenvalue weighted by Crippen LogP contribution is 2.34. The second-order valence-electron chi connectivity index (χ2n) is 4.32. The molecule has 0 unspecified atom stereocenters. The Morgan fingerprint density at radius 2 is 2.00 bits per heavy atom. The van der Waals surface area contributed by atoms with Gasteiger partial charge >= 0.3 is 5.97 Å². The molecule has 2 atom stereocenters. The van der Waals surface area contributed by atoms with Crippen LogP contribution in [0.4, 0.5) is 0 Å². The second-order valence-corrected chi connectivity index (χ2v) is 4.32. The topological polar surface area (TPSA) is 67.8 Å². The first-order valence-electron chi connectivity index (χ1n) is 5.82. The molecular weight excluding hydrogens is 234 g/mol. The number of carbonyl (C=O) groups is 1. The van der Waals surface area contributed by atoms with Crippen LogP contribution >= 0.6 is 0 Å². The third-order valence-electron chi connectivity index (χ3n) is 3.37. The minimum Gasteiger partial charge on any atom is -0.493 e. The quantitative estimate of drug-likeness (QED) is 0.838. The molecule has 0 amide bonds. The molecule has 0 saturated carbocycles. The van der Waals surface area contributed by atoms with Crippen molar-refractivity contribution in [3.63, 3.8) is 0 Å². The fourth-order valence-corrected chi connectivity index (χ4v) is 2.37. The molecule has 2 N–H and O–H groups in total. The smallest absolute Gasteiger partial charge is 0.308 e. The SMILES string of the molecule is COc1ccc([C@H]2CNC[C@@H]2C(=O)O)cc1OC. The predicted molar refractivity (Wildman–Crippen MR) is 66.3 cm³/mol. The number of nitrogens with one attached hydrogen (secondary N) is 1. The van der Waals surface area contributed by atoms with Gasteiger partial charge in [0.2, 0.25) is 0 Å². The normalized spacial score (nSPS) is 22.8. The molecule has 1 aromatic carbocycles. The van der Waals surface area contributed by atoms with Crippen molar-refractivity contribution < 1.29 is 19.4 Å². The number of methoxy groups -OCH3 is 2. The maximum absolute atomic E-state index is 11.2. The summed E-state index contributed by atoms with van der Waals surface area (Å²) in [5, 5.41) is 12.3. The van der Waals surface area contributed by atoms with E-state index < -0.39 is 5.97 Å². The van der Waals surface area contributed by atoms with Crippen LogP contribution in [0.1, 0.15) is 11.5 Å². The van der Waals surface area contributed by atoms with Crippen molar-refractivity contribution in [2.24, 2.45) is 5.92 Å². The Bertz CT molecular complexity index is 447. The summed E-state index contributed by atoms with van der Waals surface area (Å²) in [6, 6.07) is 5.56. The van der Waals surface area contributed by atoms with Gasteiger partial charge in [0.05, 0.1) is 20.1 Å². The van der Waals surface area contributed by atoms with Crippen molar-refractivity contribution >= 4 is 5.97 Å². The Morgan fingerprint density at radius 1 is 1.28 bits per heavy atom. The Morgan fingerprint density at radius 3 is 2.61 bits per heavy atom. The molecule has 0 aromatic heterocycles. The van der Waals surface area contributed by atoms with Crippen LogP contribution in [0.3, 0.4) is 0 Å². The monoisotopic (exact) mass is 251 g/mol. The van der Waals surface area contributed by atoms with Crippen LogP contribution in [-0.2, 0) is 4.79 Å². The molecule has 5 heteroatoms. The summed E-state index contributed by atoms with van der Waals surface area (Å²) in [4.78, 5) is 11.2. The molecule has 1 fully saturated rings. The molecule has 0 bridgehead atoms. The lowest BCUT2D eigenvalue weighted by molar-refractivity contribution is -0.141. The van der Waals surface area contributed by atoms with Gasteiger partial charge < -0.3 is 19.9 Å². The van der Waals surface area contributed by atoms with Crippen LogP contribution in [0.25, 0.3) is 0 Å². The van der Waals surface area contributed by atoms with E-state index in [0.717, 1.165) is 5.56 Å². The standard InChI is InChI=1S/C13H17NO4/c1-17-11-4-3-8(5-12(11)18-2)9-6-14-7-10(9)13(15)16/h3-5,9-10,14H,6-7H2,1-2H3,(H,15,16)/t9-,10+/m1/s1. The van der Waals surface area contributed by atoms with Gasteiger partial charge in [-0.25, -0.2) is 0 Å². The predicted octanol–water partition coefficient (Wildman–Crippen LogP) is 1.09. The van der Waals surface area contributed by atoms with Crippen molar-refractivity contribution in [3.8, 4) is 11.5 Å². The zero-order valence-electron chi connectivity index (χ0n) is 10.5. The van der Waals surface area contributed by atoms with Gasteiger partial charge in [-0.2, -0.15) is 0 Å². The first-order valence-corrected chi connectivity index (χ1v) is 5.82. The highest BCUT2D eigenvalue weighted by atomic mass is 16.5. The number of ether oxygens (including phenoxy) is 2. The van der Waals surface area contributed by atoms with Crippen molar-refractivity contribution in [2.75, 3.05) is 27.3 Å². The average molecular weight is 251 g/mol.